The summed E-state index contributed by atoms with van der Waals surface area (Å²) in [5.41, 5.74) is 3.31. The first-order valence-corrected chi connectivity index (χ1v) is 4.00. The van der Waals surface area contributed by atoms with Gasteiger partial charge in [-0.2, -0.15) is 0 Å². The lowest BCUT2D eigenvalue weighted by Crippen LogP contribution is -2.50. The lowest BCUT2D eigenvalue weighted by molar-refractivity contribution is 0.107. The van der Waals surface area contributed by atoms with E-state index >= 15 is 0 Å². The van der Waals surface area contributed by atoms with Crippen molar-refractivity contribution in [1.82, 2.24) is 15.3 Å². The topological polar surface area (TPSA) is 18.5 Å². The molecule has 0 aromatic heterocycles. The molecular formula is C7H17N3. The zero-order valence-electron chi connectivity index (χ0n) is 6.93. The number of hydrogen-bond donors (Lipinski definition) is 1. The van der Waals surface area contributed by atoms with Gasteiger partial charge in [0.15, 0.2) is 0 Å². The highest BCUT2D eigenvalue weighted by molar-refractivity contribution is 4.65. The van der Waals surface area contributed by atoms with E-state index in [0.717, 1.165) is 19.6 Å². The zero-order valence-corrected chi connectivity index (χ0v) is 6.93. The van der Waals surface area contributed by atoms with Crippen LogP contribution in [-0.4, -0.2) is 49.7 Å². The number of likely N-dealkylation sites (N-methyl/N-ethyl adjacent to an activating group) is 1. The second-order valence-electron chi connectivity index (χ2n) is 2.80. The molecule has 3 nitrogen and oxygen atoms in total. The van der Waals surface area contributed by atoms with Gasteiger partial charge >= 0.3 is 0 Å². The molecule has 1 saturated heterocycles. The van der Waals surface area contributed by atoms with Gasteiger partial charge in [0, 0.05) is 32.7 Å². The van der Waals surface area contributed by atoms with Gasteiger partial charge in [-0.15, -0.1) is 0 Å². The van der Waals surface area contributed by atoms with Crippen LogP contribution in [0.5, 0.6) is 0 Å². The van der Waals surface area contributed by atoms with E-state index in [1.54, 1.807) is 0 Å². The molecule has 0 aliphatic carbocycles. The third-order valence-corrected chi connectivity index (χ3v) is 1.88. The van der Waals surface area contributed by atoms with Gasteiger partial charge in [-0.1, -0.05) is 6.92 Å². The Morgan fingerprint density at radius 1 is 1.20 bits per heavy atom. The molecule has 1 fully saturated rings. The third-order valence-electron chi connectivity index (χ3n) is 1.88. The standard InChI is InChI=1S/C7H17N3/c1-3-8-10-6-4-9(2)5-7-10/h8H,3-7H2,1-2H3. The van der Waals surface area contributed by atoms with Crippen LogP contribution in [0.3, 0.4) is 0 Å². The minimum atomic E-state index is 1.05. The molecule has 3 heteroatoms. The minimum Gasteiger partial charge on any atom is -0.304 e. The Bertz CT molecular complexity index is 86.9. The molecule has 1 aliphatic rings. The van der Waals surface area contributed by atoms with E-state index < -0.39 is 0 Å². The first kappa shape index (κ1) is 7.98. The molecule has 1 N–H and O–H groups in total. The van der Waals surface area contributed by atoms with Crippen LogP contribution in [0.25, 0.3) is 0 Å². The average molecular weight is 143 g/mol. The maximum absolute atomic E-state index is 3.31. The van der Waals surface area contributed by atoms with Crippen molar-refractivity contribution in [3.8, 4) is 0 Å². The number of nitrogens with zero attached hydrogens (tertiary/aromatic N) is 2. The number of hydrogen-bond acceptors (Lipinski definition) is 3. The predicted octanol–water partition coefficient (Wildman–Crippen LogP) is -0.242. The third kappa shape index (κ3) is 2.25. The molecule has 0 bridgehead atoms. The lowest BCUT2D eigenvalue weighted by atomic mass is 10.4. The van der Waals surface area contributed by atoms with E-state index in [2.05, 4.69) is 29.3 Å². The van der Waals surface area contributed by atoms with Gasteiger partial charge in [0.1, 0.15) is 0 Å². The van der Waals surface area contributed by atoms with Gasteiger partial charge in [0.05, 0.1) is 0 Å². The van der Waals surface area contributed by atoms with E-state index in [-0.39, 0.29) is 0 Å². The predicted molar refractivity (Wildman–Crippen MR) is 42.7 cm³/mol. The summed E-state index contributed by atoms with van der Waals surface area (Å²) in [5, 5.41) is 2.29. The van der Waals surface area contributed by atoms with Gasteiger partial charge in [0.25, 0.3) is 0 Å². The summed E-state index contributed by atoms with van der Waals surface area (Å²) >= 11 is 0. The molecule has 1 rings (SSSR count). The molecule has 0 spiro atoms. The van der Waals surface area contributed by atoms with Crippen molar-refractivity contribution >= 4 is 0 Å². The molecule has 0 aromatic rings. The van der Waals surface area contributed by atoms with Crippen molar-refractivity contribution in [1.29, 1.82) is 0 Å². The van der Waals surface area contributed by atoms with Crippen LogP contribution >= 0.6 is 0 Å². The molecule has 1 heterocycles. The summed E-state index contributed by atoms with van der Waals surface area (Å²) in [5.74, 6) is 0. The highest BCUT2D eigenvalue weighted by Gasteiger charge is 2.11. The van der Waals surface area contributed by atoms with Gasteiger partial charge < -0.3 is 4.90 Å². The van der Waals surface area contributed by atoms with Gasteiger partial charge in [0.2, 0.25) is 0 Å². The average Bonchev–Trinajstić information content (AvgIpc) is 1.95. The number of rotatable bonds is 2. The Balaban J connectivity index is 2.13. The highest BCUT2D eigenvalue weighted by Crippen LogP contribution is 1.94. The van der Waals surface area contributed by atoms with Gasteiger partial charge in [-0.3, -0.25) is 5.43 Å². The molecule has 10 heavy (non-hydrogen) atoms. The maximum Gasteiger partial charge on any atom is 0.0259 e. The summed E-state index contributed by atoms with van der Waals surface area (Å²) < 4.78 is 0. The molecule has 0 radical (unpaired) electrons. The monoisotopic (exact) mass is 143 g/mol. The Kier molecular flexibility index (Phi) is 3.12. The molecular weight excluding hydrogens is 126 g/mol. The van der Waals surface area contributed by atoms with Crippen LogP contribution in [0.2, 0.25) is 0 Å². The van der Waals surface area contributed by atoms with E-state index in [9.17, 15) is 0 Å². The molecule has 60 valence electrons. The number of nitrogens with one attached hydrogen (secondary N) is 1. The van der Waals surface area contributed by atoms with E-state index in [1.165, 1.54) is 13.1 Å². The first-order chi connectivity index (χ1) is 4.83. The summed E-state index contributed by atoms with van der Waals surface area (Å²) in [7, 11) is 2.17. The summed E-state index contributed by atoms with van der Waals surface area (Å²) in [6.07, 6.45) is 0. The second-order valence-corrected chi connectivity index (χ2v) is 2.80. The quantitative estimate of drug-likeness (QED) is 0.575. The lowest BCUT2D eigenvalue weighted by Gasteiger charge is -2.32. The Morgan fingerprint density at radius 3 is 2.30 bits per heavy atom. The first-order valence-electron chi connectivity index (χ1n) is 4.00. The van der Waals surface area contributed by atoms with Crippen LogP contribution in [0.4, 0.5) is 0 Å². The normalized spacial score (nSPS) is 23.4. The fourth-order valence-electron chi connectivity index (χ4n) is 1.19. The molecule has 0 saturated carbocycles. The smallest absolute Gasteiger partial charge is 0.0259 e. The minimum absolute atomic E-state index is 1.05. The summed E-state index contributed by atoms with van der Waals surface area (Å²) in [6.45, 7) is 7.87. The van der Waals surface area contributed by atoms with E-state index in [4.69, 9.17) is 0 Å². The van der Waals surface area contributed by atoms with Crippen LogP contribution in [-0.2, 0) is 0 Å². The Morgan fingerprint density at radius 2 is 1.80 bits per heavy atom. The van der Waals surface area contributed by atoms with Gasteiger partial charge in [-0.05, 0) is 7.05 Å². The van der Waals surface area contributed by atoms with Crippen molar-refractivity contribution in [3.05, 3.63) is 0 Å². The van der Waals surface area contributed by atoms with Crippen molar-refractivity contribution in [2.24, 2.45) is 0 Å². The van der Waals surface area contributed by atoms with Crippen molar-refractivity contribution in [2.75, 3.05) is 39.8 Å². The molecule has 0 atom stereocenters. The van der Waals surface area contributed by atoms with Crippen molar-refractivity contribution in [2.45, 2.75) is 6.92 Å². The fraction of sp³-hybridized carbons (Fsp3) is 1.00. The SMILES string of the molecule is CCNN1CCN(C)CC1. The largest absolute Gasteiger partial charge is 0.304 e. The van der Waals surface area contributed by atoms with Crippen molar-refractivity contribution in [3.63, 3.8) is 0 Å². The van der Waals surface area contributed by atoms with E-state index in [0.29, 0.717) is 0 Å². The fourth-order valence-corrected chi connectivity index (χ4v) is 1.19. The molecule has 1 aliphatic heterocycles. The van der Waals surface area contributed by atoms with Crippen LogP contribution in [0, 0.1) is 0 Å². The molecule has 0 unspecified atom stereocenters. The van der Waals surface area contributed by atoms with Crippen LogP contribution in [0.1, 0.15) is 6.92 Å². The zero-order chi connectivity index (χ0) is 7.40. The van der Waals surface area contributed by atoms with E-state index in [1.807, 2.05) is 0 Å². The molecule has 0 aromatic carbocycles. The summed E-state index contributed by atoms with van der Waals surface area (Å²) in [4.78, 5) is 2.36. The second kappa shape index (κ2) is 3.91. The van der Waals surface area contributed by atoms with Gasteiger partial charge in [-0.25, -0.2) is 5.01 Å². The van der Waals surface area contributed by atoms with Crippen LogP contribution < -0.4 is 5.43 Å². The molecule has 0 amide bonds. The maximum atomic E-state index is 3.31. The Labute approximate surface area is 63.0 Å². The Hall–Kier alpha value is -0.120. The summed E-state index contributed by atoms with van der Waals surface area (Å²) in [6, 6.07) is 0. The number of piperazine rings is 1. The van der Waals surface area contributed by atoms with Crippen LogP contribution in [0.15, 0.2) is 0 Å². The highest BCUT2D eigenvalue weighted by atomic mass is 15.5. The number of hydrazine groups is 1. The van der Waals surface area contributed by atoms with Crippen molar-refractivity contribution < 1.29 is 0 Å².